The number of ether oxygens (including phenoxy) is 1. The second kappa shape index (κ2) is 6.08. The largest absolute Gasteiger partial charge is 0.497 e. The van der Waals surface area contributed by atoms with Crippen LogP contribution >= 0.6 is 0 Å². The first kappa shape index (κ1) is 15.0. The predicted molar refractivity (Wildman–Crippen MR) is 83.9 cm³/mol. The van der Waals surface area contributed by atoms with Gasteiger partial charge >= 0.3 is 0 Å². The van der Waals surface area contributed by atoms with Crippen molar-refractivity contribution >= 4 is 17.5 Å². The average Bonchev–Trinajstić information content (AvgIpc) is 2.83. The van der Waals surface area contributed by atoms with E-state index in [1.54, 1.807) is 31.4 Å². The van der Waals surface area contributed by atoms with Gasteiger partial charge in [0.15, 0.2) is 0 Å². The van der Waals surface area contributed by atoms with E-state index in [1.165, 1.54) is 11.3 Å². The van der Waals surface area contributed by atoms with E-state index in [9.17, 15) is 9.59 Å². The van der Waals surface area contributed by atoms with Crippen molar-refractivity contribution in [2.75, 3.05) is 18.6 Å². The Hall–Kier alpha value is -1.88. The third kappa shape index (κ3) is 2.61. The van der Waals surface area contributed by atoms with Crippen molar-refractivity contribution in [3.05, 3.63) is 24.3 Å². The normalized spacial score (nSPS) is 26.5. The molecule has 2 amide bonds. The number of carbonyl (C=O) groups excluding carboxylic acids is 2. The van der Waals surface area contributed by atoms with Gasteiger partial charge in [-0.3, -0.25) is 14.5 Å². The quantitative estimate of drug-likeness (QED) is 0.803. The van der Waals surface area contributed by atoms with Gasteiger partial charge in [0.2, 0.25) is 5.91 Å². The van der Waals surface area contributed by atoms with Crippen molar-refractivity contribution in [2.45, 2.75) is 44.7 Å². The molecule has 2 saturated heterocycles. The Morgan fingerprint density at radius 2 is 1.86 bits per heavy atom. The van der Waals surface area contributed by atoms with E-state index >= 15 is 0 Å². The highest BCUT2D eigenvalue weighted by Gasteiger charge is 2.44. The number of benzene rings is 1. The first-order valence-electron chi connectivity index (χ1n) is 7.88. The molecule has 2 atom stereocenters. The summed E-state index contributed by atoms with van der Waals surface area (Å²) < 4.78 is 5.12. The Kier molecular flexibility index (Phi) is 4.16. The lowest BCUT2D eigenvalue weighted by molar-refractivity contribution is -0.123. The molecule has 118 valence electrons. The predicted octanol–water partition coefficient (Wildman–Crippen LogP) is 2.20. The van der Waals surface area contributed by atoms with Crippen molar-refractivity contribution in [3.63, 3.8) is 0 Å². The second-order valence-electron chi connectivity index (χ2n) is 6.07. The molecular weight excluding hydrogens is 280 g/mol. The summed E-state index contributed by atoms with van der Waals surface area (Å²) >= 11 is 0. The standard InChI is InChI=1S/C17H22N2O3/c1-12-5-3-4-10-18(12)15-11-16(20)19(17(15)21)13-6-8-14(22-2)9-7-13/h6-9,12,15H,3-5,10-11H2,1-2H3/t12-,15-/m1/s1. The first-order chi connectivity index (χ1) is 10.6. The lowest BCUT2D eigenvalue weighted by atomic mass is 10.0. The van der Waals surface area contributed by atoms with Gasteiger partial charge in [0, 0.05) is 6.04 Å². The third-order valence-electron chi connectivity index (χ3n) is 4.71. The Bertz CT molecular complexity index is 570. The highest BCUT2D eigenvalue weighted by atomic mass is 16.5. The minimum Gasteiger partial charge on any atom is -0.497 e. The van der Waals surface area contributed by atoms with Crippen molar-refractivity contribution in [1.29, 1.82) is 0 Å². The molecule has 0 spiro atoms. The molecule has 1 aromatic carbocycles. The van der Waals surface area contributed by atoms with Crippen molar-refractivity contribution in [3.8, 4) is 5.75 Å². The number of likely N-dealkylation sites (tertiary alicyclic amines) is 1. The molecule has 5 heteroatoms. The molecule has 0 unspecified atom stereocenters. The number of amides is 2. The van der Waals surface area contributed by atoms with Crippen molar-refractivity contribution in [1.82, 2.24) is 4.90 Å². The highest BCUT2D eigenvalue weighted by molar-refractivity contribution is 6.22. The van der Waals surface area contributed by atoms with Crippen LogP contribution in [0.15, 0.2) is 24.3 Å². The molecule has 3 rings (SSSR count). The van der Waals surface area contributed by atoms with Gasteiger partial charge in [-0.1, -0.05) is 6.42 Å². The fraction of sp³-hybridized carbons (Fsp3) is 0.529. The zero-order valence-corrected chi connectivity index (χ0v) is 13.1. The lowest BCUT2D eigenvalue weighted by Crippen LogP contribution is -2.48. The Morgan fingerprint density at radius 1 is 1.14 bits per heavy atom. The van der Waals surface area contributed by atoms with Crippen LogP contribution in [0.4, 0.5) is 5.69 Å². The summed E-state index contributed by atoms with van der Waals surface area (Å²) in [6, 6.07) is 7.13. The molecule has 22 heavy (non-hydrogen) atoms. The van der Waals surface area contributed by atoms with Crippen molar-refractivity contribution < 1.29 is 14.3 Å². The second-order valence-corrected chi connectivity index (χ2v) is 6.07. The number of piperidine rings is 1. The number of methoxy groups -OCH3 is 1. The van der Waals surface area contributed by atoms with Crippen LogP contribution in [0.1, 0.15) is 32.6 Å². The molecule has 0 saturated carbocycles. The summed E-state index contributed by atoms with van der Waals surface area (Å²) in [4.78, 5) is 28.6. The van der Waals surface area contributed by atoms with E-state index in [2.05, 4.69) is 11.8 Å². The van der Waals surface area contributed by atoms with E-state index in [0.29, 0.717) is 17.5 Å². The molecule has 0 N–H and O–H groups in total. The summed E-state index contributed by atoms with van der Waals surface area (Å²) in [7, 11) is 1.59. The molecule has 2 aliphatic rings. The minimum absolute atomic E-state index is 0.0936. The van der Waals surface area contributed by atoms with Gasteiger partial charge in [0.05, 0.1) is 25.3 Å². The van der Waals surface area contributed by atoms with Crippen LogP contribution in [-0.4, -0.2) is 42.5 Å². The fourth-order valence-corrected chi connectivity index (χ4v) is 3.46. The van der Waals surface area contributed by atoms with Crippen LogP contribution < -0.4 is 9.64 Å². The van der Waals surface area contributed by atoms with Crippen LogP contribution in [0, 0.1) is 0 Å². The number of nitrogens with zero attached hydrogens (tertiary/aromatic N) is 2. The van der Waals surface area contributed by atoms with Gasteiger partial charge in [-0.2, -0.15) is 0 Å². The molecule has 0 radical (unpaired) electrons. The van der Waals surface area contributed by atoms with Crippen LogP contribution in [0.3, 0.4) is 0 Å². The van der Waals surface area contributed by atoms with Gasteiger partial charge in [-0.15, -0.1) is 0 Å². The molecule has 2 aliphatic heterocycles. The minimum atomic E-state index is -0.301. The maximum absolute atomic E-state index is 12.7. The van der Waals surface area contributed by atoms with Crippen LogP contribution in [0.25, 0.3) is 0 Å². The topological polar surface area (TPSA) is 49.9 Å². The monoisotopic (exact) mass is 302 g/mol. The number of hydrogen-bond acceptors (Lipinski definition) is 4. The summed E-state index contributed by atoms with van der Waals surface area (Å²) in [6.07, 6.45) is 3.69. The van der Waals surface area contributed by atoms with Crippen LogP contribution in [0.2, 0.25) is 0 Å². The summed E-state index contributed by atoms with van der Waals surface area (Å²) in [5, 5.41) is 0. The summed E-state index contributed by atoms with van der Waals surface area (Å²) in [5.41, 5.74) is 0.628. The van der Waals surface area contributed by atoms with Gasteiger partial charge < -0.3 is 4.74 Å². The van der Waals surface area contributed by atoms with E-state index in [4.69, 9.17) is 4.74 Å². The first-order valence-corrected chi connectivity index (χ1v) is 7.88. The summed E-state index contributed by atoms with van der Waals surface area (Å²) in [5.74, 6) is 0.505. The molecule has 2 heterocycles. The maximum Gasteiger partial charge on any atom is 0.251 e. The Balaban J connectivity index is 1.81. The van der Waals surface area contributed by atoms with E-state index in [-0.39, 0.29) is 24.3 Å². The van der Waals surface area contributed by atoms with Crippen molar-refractivity contribution in [2.24, 2.45) is 0 Å². The Morgan fingerprint density at radius 3 is 2.50 bits per heavy atom. The molecular formula is C17H22N2O3. The summed E-state index contributed by atoms with van der Waals surface area (Å²) in [6.45, 7) is 3.05. The highest BCUT2D eigenvalue weighted by Crippen LogP contribution is 2.30. The van der Waals surface area contributed by atoms with E-state index in [0.717, 1.165) is 19.4 Å². The average molecular weight is 302 g/mol. The molecule has 1 aromatic rings. The van der Waals surface area contributed by atoms with Gasteiger partial charge in [-0.05, 0) is 50.6 Å². The van der Waals surface area contributed by atoms with E-state index in [1.807, 2.05) is 0 Å². The number of anilines is 1. The zero-order valence-electron chi connectivity index (χ0n) is 13.1. The van der Waals surface area contributed by atoms with Gasteiger partial charge in [0.1, 0.15) is 5.75 Å². The van der Waals surface area contributed by atoms with Crippen LogP contribution in [-0.2, 0) is 9.59 Å². The Labute approximate surface area is 130 Å². The number of hydrogen-bond donors (Lipinski definition) is 0. The van der Waals surface area contributed by atoms with E-state index < -0.39 is 0 Å². The third-order valence-corrected chi connectivity index (χ3v) is 4.71. The maximum atomic E-state index is 12.7. The molecule has 0 bridgehead atoms. The number of imide groups is 1. The number of rotatable bonds is 3. The molecule has 5 nitrogen and oxygen atoms in total. The lowest BCUT2D eigenvalue weighted by Gasteiger charge is -2.36. The molecule has 0 aromatic heterocycles. The molecule has 2 fully saturated rings. The molecule has 0 aliphatic carbocycles. The smallest absolute Gasteiger partial charge is 0.251 e. The van der Waals surface area contributed by atoms with Gasteiger partial charge in [0.25, 0.3) is 5.91 Å². The van der Waals surface area contributed by atoms with Crippen LogP contribution in [0.5, 0.6) is 5.75 Å². The zero-order chi connectivity index (χ0) is 15.7. The SMILES string of the molecule is COc1ccc(N2C(=O)C[C@@H](N3CCCC[C@H]3C)C2=O)cc1. The fourth-order valence-electron chi connectivity index (χ4n) is 3.46. The number of carbonyl (C=O) groups is 2. The van der Waals surface area contributed by atoms with Gasteiger partial charge in [-0.25, -0.2) is 4.90 Å².